The number of aromatic nitrogens is 2. The van der Waals surface area contributed by atoms with Gasteiger partial charge in [0, 0.05) is 12.8 Å². The molecule has 0 spiro atoms. The summed E-state index contributed by atoms with van der Waals surface area (Å²) in [4.78, 5) is 29.2. The number of rotatable bonds is 9. The van der Waals surface area contributed by atoms with Gasteiger partial charge in [0.2, 0.25) is 5.82 Å². The predicted molar refractivity (Wildman–Crippen MR) is 114 cm³/mol. The summed E-state index contributed by atoms with van der Waals surface area (Å²) in [7, 11) is -3.33. The molecule has 0 unspecified atom stereocenters. The van der Waals surface area contributed by atoms with E-state index in [0.717, 1.165) is 6.26 Å². The lowest BCUT2D eigenvalue weighted by Crippen LogP contribution is -2.14. The second kappa shape index (κ2) is 9.30. The molecule has 11 heteroatoms. The second-order valence-electron chi connectivity index (χ2n) is 6.74. The van der Waals surface area contributed by atoms with Gasteiger partial charge in [-0.2, -0.15) is 0 Å². The number of anilines is 3. The molecule has 0 atom stereocenters. The Labute approximate surface area is 178 Å². The molecule has 3 aromatic rings. The number of carbonyl (C=O) groups is 1. The zero-order valence-corrected chi connectivity index (χ0v) is 17.3. The molecule has 0 saturated carbocycles. The lowest BCUT2D eigenvalue weighted by Gasteiger charge is -2.07. The van der Waals surface area contributed by atoms with Crippen LogP contribution >= 0.6 is 0 Å². The molecular weight excluding hydrogens is 422 g/mol. The number of aromatic amines is 1. The molecule has 0 fully saturated rings. The van der Waals surface area contributed by atoms with Crippen LogP contribution in [-0.4, -0.2) is 30.7 Å². The standard InChI is InChI=1S/C20H19N5O5S/c1-31(29,30)16-4-2-3-14(9-16)11-21-19-17(25-28)12-22-20(24-19)23-15-7-5-13(6-8-15)10-18(26)27/h2-9,12H,10-11H2,1H3,(H,26,27)(H2,21,22,23,24)/p+1. The Hall–Kier alpha value is -3.86. The summed E-state index contributed by atoms with van der Waals surface area (Å²) in [6.45, 7) is 0.228. The van der Waals surface area contributed by atoms with E-state index in [1.807, 2.05) is 0 Å². The minimum absolute atomic E-state index is 0.0571. The number of carboxylic acid groups (broad SMARTS) is 1. The van der Waals surface area contributed by atoms with Crippen LogP contribution in [-0.2, 0) is 27.6 Å². The fraction of sp³-hybridized carbons (Fsp3) is 0.150. The fourth-order valence-electron chi connectivity index (χ4n) is 2.76. The van der Waals surface area contributed by atoms with Gasteiger partial charge in [-0.05, 0) is 40.6 Å². The van der Waals surface area contributed by atoms with E-state index < -0.39 is 15.8 Å². The average molecular weight is 442 g/mol. The minimum Gasteiger partial charge on any atom is -0.481 e. The van der Waals surface area contributed by atoms with E-state index in [-0.39, 0.29) is 29.4 Å². The molecule has 0 bridgehead atoms. The molecule has 2 aromatic carbocycles. The number of benzene rings is 2. The topological polar surface area (TPSA) is 152 Å². The van der Waals surface area contributed by atoms with Crippen molar-refractivity contribution >= 4 is 38.9 Å². The molecule has 0 saturated heterocycles. The first kappa shape index (κ1) is 21.8. The molecule has 0 radical (unpaired) electrons. The quantitative estimate of drug-likeness (QED) is 0.428. The van der Waals surface area contributed by atoms with Crippen molar-refractivity contribution in [3.63, 3.8) is 0 Å². The highest BCUT2D eigenvalue weighted by Crippen LogP contribution is 2.23. The Balaban J connectivity index is 1.75. The van der Waals surface area contributed by atoms with Crippen LogP contribution in [0.3, 0.4) is 0 Å². The Morgan fingerprint density at radius 1 is 1.16 bits per heavy atom. The summed E-state index contributed by atoms with van der Waals surface area (Å²) < 4.78 is 23.4. The van der Waals surface area contributed by atoms with Gasteiger partial charge in [-0.25, -0.2) is 18.7 Å². The molecule has 3 rings (SSSR count). The number of hydrogen-bond donors (Lipinski definition) is 3. The maximum absolute atomic E-state index is 11.7. The molecule has 0 amide bonds. The summed E-state index contributed by atoms with van der Waals surface area (Å²) in [5.41, 5.74) is 2.07. The molecule has 10 nitrogen and oxygen atoms in total. The van der Waals surface area contributed by atoms with Crippen LogP contribution in [0.5, 0.6) is 0 Å². The maximum Gasteiger partial charge on any atom is 0.396 e. The molecule has 1 heterocycles. The Morgan fingerprint density at radius 2 is 1.90 bits per heavy atom. The van der Waals surface area contributed by atoms with Gasteiger partial charge < -0.3 is 10.4 Å². The van der Waals surface area contributed by atoms with Crippen molar-refractivity contribution in [3.8, 4) is 0 Å². The summed E-state index contributed by atoms with van der Waals surface area (Å²) in [5.74, 6) is -0.375. The van der Waals surface area contributed by atoms with E-state index in [1.54, 1.807) is 42.5 Å². The fourth-order valence-corrected chi connectivity index (χ4v) is 3.45. The first-order chi connectivity index (χ1) is 14.7. The largest absolute Gasteiger partial charge is 0.481 e. The zero-order chi connectivity index (χ0) is 22.4. The first-order valence-corrected chi connectivity index (χ1v) is 11.0. The van der Waals surface area contributed by atoms with E-state index in [0.29, 0.717) is 22.8 Å². The number of carboxylic acids is 1. The number of aliphatic carboxylic acids is 1. The van der Waals surface area contributed by atoms with Crippen LogP contribution in [0, 0.1) is 4.91 Å². The van der Waals surface area contributed by atoms with Gasteiger partial charge in [-0.15, -0.1) is 4.91 Å². The van der Waals surface area contributed by atoms with Gasteiger partial charge in [0.25, 0.3) is 0 Å². The van der Waals surface area contributed by atoms with Gasteiger partial charge in [-0.1, -0.05) is 29.2 Å². The molecule has 1 aromatic heterocycles. The van der Waals surface area contributed by atoms with E-state index >= 15 is 0 Å². The van der Waals surface area contributed by atoms with Crippen LogP contribution in [0.2, 0.25) is 0 Å². The van der Waals surface area contributed by atoms with Crippen molar-refractivity contribution in [2.24, 2.45) is 5.18 Å². The summed E-state index contributed by atoms with van der Waals surface area (Å²) >= 11 is 0. The third-order valence-electron chi connectivity index (χ3n) is 4.27. The van der Waals surface area contributed by atoms with E-state index in [9.17, 15) is 18.1 Å². The van der Waals surface area contributed by atoms with Crippen molar-refractivity contribution in [1.29, 1.82) is 0 Å². The van der Waals surface area contributed by atoms with Crippen LogP contribution in [0.1, 0.15) is 11.1 Å². The van der Waals surface area contributed by atoms with E-state index in [4.69, 9.17) is 5.11 Å². The lowest BCUT2D eigenvalue weighted by molar-refractivity contribution is -0.363. The molecule has 0 aliphatic heterocycles. The van der Waals surface area contributed by atoms with Crippen molar-refractivity contribution in [2.75, 3.05) is 16.9 Å². The highest BCUT2D eigenvalue weighted by Gasteiger charge is 2.15. The third-order valence-corrected chi connectivity index (χ3v) is 5.38. The molecule has 0 aliphatic carbocycles. The van der Waals surface area contributed by atoms with Crippen molar-refractivity contribution in [2.45, 2.75) is 17.9 Å². The number of sulfone groups is 1. The smallest absolute Gasteiger partial charge is 0.396 e. The number of H-pyrrole nitrogens is 1. The van der Waals surface area contributed by atoms with E-state index in [1.165, 1.54) is 12.3 Å². The van der Waals surface area contributed by atoms with E-state index in [2.05, 4.69) is 25.8 Å². The molecule has 4 N–H and O–H groups in total. The van der Waals surface area contributed by atoms with Gasteiger partial charge in [-0.3, -0.25) is 4.79 Å². The highest BCUT2D eigenvalue weighted by atomic mass is 32.2. The summed E-state index contributed by atoms with van der Waals surface area (Å²) in [5, 5.41) is 17.8. The van der Waals surface area contributed by atoms with Crippen molar-refractivity contribution < 1.29 is 23.3 Å². The lowest BCUT2D eigenvalue weighted by atomic mass is 10.1. The summed E-state index contributed by atoms with van der Waals surface area (Å²) in [6.07, 6.45) is 2.45. The predicted octanol–water partition coefficient (Wildman–Crippen LogP) is 2.68. The van der Waals surface area contributed by atoms with Gasteiger partial charge in [0.15, 0.2) is 15.5 Å². The maximum atomic E-state index is 11.7. The second-order valence-corrected chi connectivity index (χ2v) is 8.76. The van der Waals surface area contributed by atoms with Gasteiger partial charge in [0.1, 0.15) is 0 Å². The highest BCUT2D eigenvalue weighted by molar-refractivity contribution is 7.90. The monoisotopic (exact) mass is 442 g/mol. The Bertz CT molecular complexity index is 1210. The number of hydrogen-bond acceptors (Lipinski definition) is 8. The zero-order valence-electron chi connectivity index (χ0n) is 16.5. The molecule has 160 valence electrons. The summed E-state index contributed by atoms with van der Waals surface area (Å²) in [6, 6.07) is 13.2. The average Bonchev–Trinajstić information content (AvgIpc) is 2.73. The molecule has 0 aliphatic rings. The molecule has 31 heavy (non-hydrogen) atoms. The van der Waals surface area contributed by atoms with Gasteiger partial charge in [0.05, 0.1) is 23.2 Å². The van der Waals surface area contributed by atoms with Crippen LogP contribution in [0.4, 0.5) is 23.1 Å². The normalized spacial score (nSPS) is 11.0. The first-order valence-electron chi connectivity index (χ1n) is 9.11. The number of nitrogens with zero attached hydrogens (tertiary/aromatic N) is 2. The van der Waals surface area contributed by atoms with Crippen LogP contribution in [0.15, 0.2) is 64.8 Å². The SMILES string of the molecule is CS(=O)(=O)c1cccc(CNc2nc(Nc3ccc(CC(=O)O)cc3)[nH+]cc2N=O)c1. The number of nitroso groups, excluding NO2 is 1. The Morgan fingerprint density at radius 3 is 2.55 bits per heavy atom. The minimum atomic E-state index is -3.33. The molecular formula is C20H20N5O5S+. The van der Waals surface area contributed by atoms with Crippen molar-refractivity contribution in [1.82, 2.24) is 4.98 Å². The van der Waals surface area contributed by atoms with Crippen molar-refractivity contribution in [3.05, 3.63) is 70.8 Å². The number of nitrogens with one attached hydrogen (secondary N) is 3. The van der Waals surface area contributed by atoms with Crippen LogP contribution in [0.25, 0.3) is 0 Å². The van der Waals surface area contributed by atoms with Gasteiger partial charge >= 0.3 is 11.9 Å². The Kier molecular flexibility index (Phi) is 6.55. The third kappa shape index (κ3) is 6.06. The van der Waals surface area contributed by atoms with Crippen LogP contribution < -0.4 is 15.6 Å².